The molecule has 6 nitrogen and oxygen atoms in total. The Morgan fingerprint density at radius 2 is 2.00 bits per heavy atom. The third-order valence-corrected chi connectivity index (χ3v) is 5.64. The van der Waals surface area contributed by atoms with Crippen molar-refractivity contribution in [2.45, 2.75) is 42.9 Å². The predicted octanol–water partition coefficient (Wildman–Crippen LogP) is 2.81. The number of hydrogen-bond acceptors (Lipinski definition) is 4. The summed E-state index contributed by atoms with van der Waals surface area (Å²) in [5.74, 6) is 0.523. The van der Waals surface area contributed by atoms with Gasteiger partial charge in [0.1, 0.15) is 12.3 Å². The highest BCUT2D eigenvalue weighted by atomic mass is 32.2. The normalized spacial score (nSPS) is 17.8. The van der Waals surface area contributed by atoms with Crippen LogP contribution in [0.25, 0.3) is 0 Å². The molecule has 1 aliphatic rings. The second-order valence-corrected chi connectivity index (χ2v) is 7.81. The van der Waals surface area contributed by atoms with Crippen LogP contribution in [0.1, 0.15) is 30.1 Å². The van der Waals surface area contributed by atoms with Crippen LogP contribution in [-0.2, 0) is 23.0 Å². The topological polar surface area (TPSA) is 73.2 Å². The van der Waals surface area contributed by atoms with E-state index in [-0.39, 0.29) is 4.90 Å². The van der Waals surface area contributed by atoms with E-state index in [2.05, 4.69) is 9.82 Å². The van der Waals surface area contributed by atoms with Crippen LogP contribution < -0.4 is 9.46 Å². The fourth-order valence-electron chi connectivity index (χ4n) is 2.99. The van der Waals surface area contributed by atoms with Gasteiger partial charge in [0, 0.05) is 6.20 Å². The van der Waals surface area contributed by atoms with Crippen LogP contribution in [0.4, 0.5) is 13.2 Å². The van der Waals surface area contributed by atoms with Crippen LogP contribution in [0.2, 0.25) is 0 Å². The number of sulfonamides is 1. The number of hydrogen-bond donors (Lipinski definition) is 1. The first kappa shape index (κ1) is 18.7. The van der Waals surface area contributed by atoms with Gasteiger partial charge in [0.15, 0.2) is 0 Å². The Kier molecular flexibility index (Phi) is 4.98. The second-order valence-electron chi connectivity index (χ2n) is 6.09. The minimum absolute atomic E-state index is 0.0557. The maximum Gasteiger partial charge on any atom is 0.408 e. The van der Waals surface area contributed by atoms with E-state index in [1.54, 1.807) is 0 Å². The average Bonchev–Trinajstić information content (AvgIpc) is 2.96. The van der Waals surface area contributed by atoms with Gasteiger partial charge in [-0.2, -0.15) is 18.3 Å². The number of benzene rings is 1. The van der Waals surface area contributed by atoms with Gasteiger partial charge in [-0.3, -0.25) is 4.68 Å². The average molecular weight is 389 g/mol. The lowest BCUT2D eigenvalue weighted by atomic mass is 9.94. The summed E-state index contributed by atoms with van der Waals surface area (Å²) in [4.78, 5) is 0.0557. The lowest BCUT2D eigenvalue weighted by molar-refractivity contribution is -0.142. The van der Waals surface area contributed by atoms with Gasteiger partial charge in [-0.1, -0.05) is 0 Å². The number of aromatic nitrogens is 2. The van der Waals surface area contributed by atoms with Crippen LogP contribution in [0.5, 0.6) is 5.75 Å². The summed E-state index contributed by atoms with van der Waals surface area (Å²) in [6.07, 6.45) is -1.32. The van der Waals surface area contributed by atoms with Gasteiger partial charge in [-0.15, -0.1) is 0 Å². The summed E-state index contributed by atoms with van der Waals surface area (Å²) in [5, 5.41) is 3.97. The number of rotatable bonds is 5. The van der Waals surface area contributed by atoms with Gasteiger partial charge in [0.2, 0.25) is 10.0 Å². The third kappa shape index (κ3) is 4.18. The van der Waals surface area contributed by atoms with Crippen molar-refractivity contribution >= 4 is 10.0 Å². The molecule has 26 heavy (non-hydrogen) atoms. The van der Waals surface area contributed by atoms with Crippen LogP contribution in [-0.4, -0.2) is 31.5 Å². The lowest BCUT2D eigenvalue weighted by Gasteiger charge is -2.22. The van der Waals surface area contributed by atoms with Crippen molar-refractivity contribution in [3.05, 3.63) is 41.7 Å². The molecule has 2 aromatic rings. The van der Waals surface area contributed by atoms with Crippen molar-refractivity contribution in [1.29, 1.82) is 0 Å². The van der Waals surface area contributed by atoms with Crippen LogP contribution >= 0.6 is 0 Å². The SMILES string of the molecule is COc1ccc(S(=O)(=O)NC2CCCc3cn(CC(F)(F)F)nc32)cc1. The molecule has 0 aliphatic heterocycles. The van der Waals surface area contributed by atoms with Crippen molar-refractivity contribution in [1.82, 2.24) is 14.5 Å². The van der Waals surface area contributed by atoms with Crippen LogP contribution in [0.3, 0.4) is 0 Å². The molecule has 10 heteroatoms. The van der Waals surface area contributed by atoms with Crippen molar-refractivity contribution in [3.8, 4) is 5.75 Å². The molecule has 0 amide bonds. The summed E-state index contributed by atoms with van der Waals surface area (Å²) >= 11 is 0. The van der Waals surface area contributed by atoms with Gasteiger partial charge in [-0.05, 0) is 49.1 Å². The minimum Gasteiger partial charge on any atom is -0.497 e. The number of methoxy groups -OCH3 is 1. The van der Waals surface area contributed by atoms with E-state index in [0.29, 0.717) is 36.3 Å². The van der Waals surface area contributed by atoms with Crippen LogP contribution in [0.15, 0.2) is 35.4 Å². The highest BCUT2D eigenvalue weighted by Crippen LogP contribution is 2.31. The van der Waals surface area contributed by atoms with Gasteiger partial charge in [0.05, 0.1) is 23.7 Å². The van der Waals surface area contributed by atoms with E-state index < -0.39 is 28.8 Å². The summed E-state index contributed by atoms with van der Waals surface area (Å²) in [7, 11) is -2.36. The number of nitrogens with one attached hydrogen (secondary N) is 1. The molecule has 0 saturated heterocycles. The number of halogens is 3. The maximum absolute atomic E-state index is 12.6. The first-order chi connectivity index (χ1) is 12.2. The Labute approximate surface area is 149 Å². The highest BCUT2D eigenvalue weighted by molar-refractivity contribution is 7.89. The molecule has 1 atom stereocenters. The number of ether oxygens (including phenoxy) is 1. The van der Waals surface area contributed by atoms with Gasteiger partial charge >= 0.3 is 6.18 Å². The molecular weight excluding hydrogens is 371 g/mol. The molecule has 0 saturated carbocycles. The molecule has 1 aliphatic carbocycles. The largest absolute Gasteiger partial charge is 0.497 e. The van der Waals surface area contributed by atoms with Crippen molar-refractivity contribution in [2.75, 3.05) is 7.11 Å². The monoisotopic (exact) mass is 389 g/mol. The maximum atomic E-state index is 12.6. The second kappa shape index (κ2) is 6.92. The van der Waals surface area contributed by atoms with E-state index in [4.69, 9.17) is 4.74 Å². The number of aryl methyl sites for hydroxylation is 1. The third-order valence-electron chi connectivity index (χ3n) is 4.15. The van der Waals surface area contributed by atoms with Crippen molar-refractivity contribution in [3.63, 3.8) is 0 Å². The first-order valence-corrected chi connectivity index (χ1v) is 9.45. The van der Waals surface area contributed by atoms with E-state index in [9.17, 15) is 21.6 Å². The summed E-state index contributed by atoms with van der Waals surface area (Å²) in [6, 6.07) is 5.22. The predicted molar refractivity (Wildman–Crippen MR) is 87.3 cm³/mol. The molecule has 0 radical (unpaired) electrons. The Morgan fingerprint density at radius 1 is 1.31 bits per heavy atom. The molecule has 1 N–H and O–H groups in total. The van der Waals surface area contributed by atoms with Gasteiger partial charge < -0.3 is 4.74 Å². The molecular formula is C16H18F3N3O3S. The van der Waals surface area contributed by atoms with Crippen molar-refractivity contribution < 1.29 is 26.3 Å². The number of fused-ring (bicyclic) bond motifs is 1. The Hall–Kier alpha value is -2.07. The standard InChI is InChI=1S/C16H18F3N3O3S/c1-25-12-5-7-13(8-6-12)26(23,24)21-14-4-2-3-11-9-22(20-15(11)14)10-16(17,18)19/h5-9,14,21H,2-4,10H2,1H3. The zero-order valence-electron chi connectivity index (χ0n) is 14.0. The van der Waals surface area contributed by atoms with Crippen molar-refractivity contribution in [2.24, 2.45) is 0 Å². The molecule has 1 aromatic heterocycles. The quantitative estimate of drug-likeness (QED) is 0.854. The lowest BCUT2D eigenvalue weighted by Crippen LogP contribution is -2.31. The Morgan fingerprint density at radius 3 is 2.62 bits per heavy atom. The smallest absolute Gasteiger partial charge is 0.408 e. The van der Waals surface area contributed by atoms with E-state index >= 15 is 0 Å². The molecule has 3 rings (SSSR count). The molecule has 1 unspecified atom stereocenters. The summed E-state index contributed by atoms with van der Waals surface area (Å²) < 4.78 is 71.3. The Balaban J connectivity index is 1.82. The zero-order chi connectivity index (χ0) is 18.9. The van der Waals surface area contributed by atoms with Gasteiger partial charge in [0.25, 0.3) is 0 Å². The van der Waals surface area contributed by atoms with E-state index in [0.717, 1.165) is 4.68 Å². The van der Waals surface area contributed by atoms with Crippen LogP contribution in [0, 0.1) is 0 Å². The minimum atomic E-state index is -4.38. The number of nitrogens with zero attached hydrogens (tertiary/aromatic N) is 2. The highest BCUT2D eigenvalue weighted by Gasteiger charge is 2.32. The fraction of sp³-hybridized carbons (Fsp3) is 0.438. The summed E-state index contributed by atoms with van der Waals surface area (Å²) in [6.45, 7) is -1.20. The molecule has 1 aromatic carbocycles. The molecule has 0 bridgehead atoms. The number of alkyl halides is 3. The summed E-state index contributed by atoms with van der Waals surface area (Å²) in [5.41, 5.74) is 1.00. The molecule has 0 spiro atoms. The van der Waals surface area contributed by atoms with E-state index in [1.807, 2.05) is 0 Å². The molecule has 142 valence electrons. The fourth-order valence-corrected chi connectivity index (χ4v) is 4.22. The first-order valence-electron chi connectivity index (χ1n) is 7.97. The molecule has 0 fully saturated rings. The zero-order valence-corrected chi connectivity index (χ0v) is 14.8. The Bertz CT molecular complexity index is 876. The van der Waals surface area contributed by atoms with E-state index in [1.165, 1.54) is 37.6 Å². The van der Waals surface area contributed by atoms with Gasteiger partial charge in [-0.25, -0.2) is 13.1 Å². The molecule has 1 heterocycles.